The summed E-state index contributed by atoms with van der Waals surface area (Å²) in [5.74, 6) is -1.76. The first-order chi connectivity index (χ1) is 9.66. The van der Waals surface area contributed by atoms with Crippen molar-refractivity contribution in [2.24, 2.45) is 5.41 Å². The van der Waals surface area contributed by atoms with Crippen molar-refractivity contribution in [1.29, 1.82) is 0 Å². The predicted octanol–water partition coefficient (Wildman–Crippen LogP) is 3.15. The van der Waals surface area contributed by atoms with E-state index < -0.39 is 23.0 Å². The molecule has 1 aliphatic rings. The predicted molar refractivity (Wildman–Crippen MR) is 79.1 cm³/mol. The Morgan fingerprint density at radius 1 is 1.19 bits per heavy atom. The van der Waals surface area contributed by atoms with E-state index in [4.69, 9.17) is 9.84 Å². The Morgan fingerprint density at radius 3 is 2.43 bits per heavy atom. The molecule has 0 radical (unpaired) electrons. The van der Waals surface area contributed by atoms with Gasteiger partial charge in [-0.2, -0.15) is 0 Å². The number of carboxylic acid groups (broad SMARTS) is 1. The van der Waals surface area contributed by atoms with Gasteiger partial charge in [-0.1, -0.05) is 24.3 Å². The number of hydrogen-bond acceptors (Lipinski definition) is 3. The van der Waals surface area contributed by atoms with E-state index in [1.165, 1.54) is 25.0 Å². The molecule has 0 spiro atoms. The second-order valence-electron chi connectivity index (χ2n) is 6.71. The lowest BCUT2D eigenvalue weighted by atomic mass is 9.85. The van der Waals surface area contributed by atoms with Gasteiger partial charge in [0.2, 0.25) is 0 Å². The van der Waals surface area contributed by atoms with Crippen molar-refractivity contribution in [3.8, 4) is 0 Å². The fourth-order valence-electron chi connectivity index (χ4n) is 2.80. The lowest BCUT2D eigenvalue weighted by Gasteiger charge is -2.34. The van der Waals surface area contributed by atoms with E-state index >= 15 is 0 Å². The number of esters is 1. The highest BCUT2D eigenvalue weighted by molar-refractivity contribution is 5.98. The van der Waals surface area contributed by atoms with Gasteiger partial charge in [-0.25, -0.2) is 0 Å². The number of carboxylic acids is 1. The van der Waals surface area contributed by atoms with Crippen LogP contribution in [0, 0.1) is 5.41 Å². The van der Waals surface area contributed by atoms with Crippen LogP contribution in [0.15, 0.2) is 24.3 Å². The highest BCUT2D eigenvalue weighted by Gasteiger charge is 2.44. The summed E-state index contributed by atoms with van der Waals surface area (Å²) < 4.78 is 5.58. The zero-order valence-corrected chi connectivity index (χ0v) is 13.0. The van der Waals surface area contributed by atoms with Crippen LogP contribution in [0.2, 0.25) is 0 Å². The summed E-state index contributed by atoms with van der Waals surface area (Å²) in [6.45, 7) is 6.46. The van der Waals surface area contributed by atoms with Crippen molar-refractivity contribution < 1.29 is 19.4 Å². The maximum Gasteiger partial charge on any atom is 0.323 e. The van der Waals surface area contributed by atoms with Gasteiger partial charge in [0.1, 0.15) is 5.60 Å². The molecule has 1 atom stereocenters. The Bertz CT molecular complexity index is 572. The number of carbonyl (C=O) groups excluding carboxylic acids is 1. The van der Waals surface area contributed by atoms with Crippen LogP contribution in [0.1, 0.15) is 51.2 Å². The first kappa shape index (κ1) is 15.5. The smallest absolute Gasteiger partial charge is 0.323 e. The van der Waals surface area contributed by atoms with Crippen molar-refractivity contribution in [2.45, 2.75) is 52.1 Å². The Morgan fingerprint density at radius 2 is 1.81 bits per heavy atom. The third kappa shape index (κ3) is 2.80. The minimum Gasteiger partial charge on any atom is -0.480 e. The number of benzene rings is 1. The molecule has 0 aromatic heterocycles. The zero-order valence-electron chi connectivity index (χ0n) is 13.0. The normalized spacial score (nSPS) is 18.2. The molecule has 1 aromatic rings. The average molecular weight is 290 g/mol. The molecule has 1 aromatic carbocycles. The molecular weight excluding hydrogens is 268 g/mol. The van der Waals surface area contributed by atoms with Gasteiger partial charge >= 0.3 is 11.9 Å². The van der Waals surface area contributed by atoms with Crippen LogP contribution in [-0.4, -0.2) is 22.6 Å². The van der Waals surface area contributed by atoms with Gasteiger partial charge in [-0.3, -0.25) is 9.59 Å². The van der Waals surface area contributed by atoms with Gasteiger partial charge in [0.15, 0.2) is 5.41 Å². The third-order valence-corrected chi connectivity index (χ3v) is 4.37. The molecule has 1 N–H and O–H groups in total. The van der Waals surface area contributed by atoms with E-state index in [2.05, 4.69) is 12.1 Å². The lowest BCUT2D eigenvalue weighted by Crippen LogP contribution is -2.42. The Labute approximate surface area is 125 Å². The topological polar surface area (TPSA) is 63.6 Å². The summed E-state index contributed by atoms with van der Waals surface area (Å²) in [7, 11) is 0. The highest BCUT2D eigenvalue weighted by Crippen LogP contribution is 2.42. The Kier molecular flexibility index (Phi) is 3.83. The van der Waals surface area contributed by atoms with Gasteiger partial charge in [-0.15, -0.1) is 0 Å². The van der Waals surface area contributed by atoms with Crippen LogP contribution in [0.5, 0.6) is 0 Å². The van der Waals surface area contributed by atoms with Gasteiger partial charge in [-0.05, 0) is 51.7 Å². The van der Waals surface area contributed by atoms with Crippen LogP contribution in [-0.2, 0) is 20.7 Å². The van der Waals surface area contributed by atoms with E-state index in [0.717, 1.165) is 12.8 Å². The van der Waals surface area contributed by atoms with Gasteiger partial charge in [0.05, 0.1) is 0 Å². The molecule has 0 aliphatic heterocycles. The molecule has 0 fully saturated rings. The third-order valence-electron chi connectivity index (χ3n) is 4.37. The Balaban J connectivity index is 2.21. The molecule has 4 heteroatoms. The maximum absolute atomic E-state index is 12.2. The molecule has 0 saturated heterocycles. The SMILES string of the molecule is CC(C)(C(=O)O)C(=O)OC(C)(C)C1CCc2ccccc21. The zero-order chi connectivity index (χ0) is 15.8. The van der Waals surface area contributed by atoms with Crippen molar-refractivity contribution in [3.63, 3.8) is 0 Å². The second kappa shape index (κ2) is 5.17. The summed E-state index contributed by atoms with van der Waals surface area (Å²) >= 11 is 0. The van der Waals surface area contributed by atoms with Crippen LogP contribution < -0.4 is 0 Å². The second-order valence-corrected chi connectivity index (χ2v) is 6.71. The number of aryl methyl sites for hydroxylation is 1. The average Bonchev–Trinajstić information content (AvgIpc) is 2.82. The molecule has 21 heavy (non-hydrogen) atoms. The number of ether oxygens (including phenoxy) is 1. The molecule has 1 unspecified atom stereocenters. The summed E-state index contributed by atoms with van der Waals surface area (Å²) in [6.07, 6.45) is 1.87. The molecular formula is C17H22O4. The molecule has 0 heterocycles. The van der Waals surface area contributed by atoms with E-state index in [0.29, 0.717) is 0 Å². The maximum atomic E-state index is 12.2. The van der Waals surface area contributed by atoms with Crippen LogP contribution in [0.3, 0.4) is 0 Å². The summed E-state index contributed by atoms with van der Waals surface area (Å²) in [5, 5.41) is 9.13. The fraction of sp³-hybridized carbons (Fsp3) is 0.529. The van der Waals surface area contributed by atoms with Crippen LogP contribution in [0.25, 0.3) is 0 Å². The number of carbonyl (C=O) groups is 2. The molecule has 114 valence electrons. The molecule has 0 amide bonds. The van der Waals surface area contributed by atoms with Crippen molar-refractivity contribution in [1.82, 2.24) is 0 Å². The number of rotatable bonds is 4. The first-order valence-electron chi connectivity index (χ1n) is 7.21. The molecule has 4 nitrogen and oxygen atoms in total. The summed E-state index contributed by atoms with van der Waals surface area (Å²) in [4.78, 5) is 23.4. The number of fused-ring (bicyclic) bond motifs is 1. The van der Waals surface area contributed by atoms with Crippen molar-refractivity contribution >= 4 is 11.9 Å². The number of hydrogen-bond donors (Lipinski definition) is 1. The minimum atomic E-state index is -1.53. The number of aliphatic carboxylic acids is 1. The minimum absolute atomic E-state index is 0.0993. The lowest BCUT2D eigenvalue weighted by molar-refractivity contribution is -0.177. The van der Waals surface area contributed by atoms with E-state index in [1.807, 2.05) is 26.0 Å². The summed E-state index contributed by atoms with van der Waals surface area (Å²) in [5.41, 5.74) is 0.221. The van der Waals surface area contributed by atoms with E-state index in [1.54, 1.807) is 0 Å². The standard InChI is InChI=1S/C17H22O4/c1-16(2,14(18)19)15(20)21-17(3,4)13-10-9-11-7-5-6-8-12(11)13/h5-8,13H,9-10H2,1-4H3,(H,18,19). The van der Waals surface area contributed by atoms with Crippen molar-refractivity contribution in [2.75, 3.05) is 0 Å². The van der Waals surface area contributed by atoms with E-state index in [-0.39, 0.29) is 5.92 Å². The first-order valence-corrected chi connectivity index (χ1v) is 7.21. The molecule has 0 saturated carbocycles. The quantitative estimate of drug-likeness (QED) is 0.683. The van der Waals surface area contributed by atoms with Crippen LogP contribution in [0.4, 0.5) is 0 Å². The summed E-state index contributed by atoms with van der Waals surface area (Å²) in [6, 6.07) is 8.14. The van der Waals surface area contributed by atoms with Gasteiger partial charge in [0.25, 0.3) is 0 Å². The molecule has 1 aliphatic carbocycles. The Hall–Kier alpha value is -1.84. The van der Waals surface area contributed by atoms with E-state index in [9.17, 15) is 9.59 Å². The van der Waals surface area contributed by atoms with Gasteiger partial charge < -0.3 is 9.84 Å². The van der Waals surface area contributed by atoms with Gasteiger partial charge in [0, 0.05) is 5.92 Å². The van der Waals surface area contributed by atoms with Crippen molar-refractivity contribution in [3.05, 3.63) is 35.4 Å². The van der Waals surface area contributed by atoms with Crippen LogP contribution >= 0.6 is 0 Å². The monoisotopic (exact) mass is 290 g/mol. The fourth-order valence-corrected chi connectivity index (χ4v) is 2.80. The largest absolute Gasteiger partial charge is 0.480 e. The highest BCUT2D eigenvalue weighted by atomic mass is 16.6. The molecule has 2 rings (SSSR count). The molecule has 0 bridgehead atoms.